The van der Waals surface area contributed by atoms with E-state index in [9.17, 15) is 20.4 Å². The van der Waals surface area contributed by atoms with Gasteiger partial charge in [0.1, 0.15) is 37.7 Å². The molecule has 1 fully saturated rings. The summed E-state index contributed by atoms with van der Waals surface area (Å²) in [5.41, 5.74) is 3.60. The molecule has 1 saturated carbocycles. The molecular weight excluding hydrogens is 524 g/mol. The predicted octanol–water partition coefficient (Wildman–Crippen LogP) is 0.278. The van der Waals surface area contributed by atoms with E-state index >= 15 is 0 Å². The maximum Gasteiger partial charge on any atom is 0.211 e. The number of phenolic OH excluding ortho intramolecular Hbond substituents is 2. The molecule has 5 aliphatic rings. The van der Waals surface area contributed by atoms with Crippen LogP contribution in [0.25, 0.3) is 11.1 Å². The Hall–Kier alpha value is -2.70. The first-order chi connectivity index (χ1) is 19.5. The molecule has 2 aromatic rings. The highest BCUT2D eigenvalue weighted by Crippen LogP contribution is 2.41. The normalized spacial score (nSPS) is 27.8. The summed E-state index contributed by atoms with van der Waals surface area (Å²) in [6.07, 6.45) is 0.964. The van der Waals surface area contributed by atoms with Crippen LogP contribution in [-0.4, -0.2) is 48.6 Å². The van der Waals surface area contributed by atoms with Gasteiger partial charge in [-0.3, -0.25) is 0 Å². The standard InChI is InChI=1S/C36H44N2O4/c1-33(2)9-13-37-15-11-35(5,6)25-27(37)21(33)17-19(29(25)39)23-31(41)24(32(23)42)20-18-22-28-26(30(20)40)36(7,8)12-16-38(28)14-10-34(22,3)4/h17-18,31-32H,9-16H2,1-8H3/q-2/p+2. The van der Waals surface area contributed by atoms with Gasteiger partial charge in [0, 0.05) is 68.9 Å². The Bertz CT molecular complexity index is 1690. The van der Waals surface area contributed by atoms with Crippen LogP contribution in [0.5, 0.6) is 11.5 Å². The molecule has 2 aromatic carbocycles. The number of aromatic hydroxyl groups is 2. The number of nitrogens with zero attached hydrogens (tertiary/aromatic N) is 2. The van der Waals surface area contributed by atoms with Crippen molar-refractivity contribution in [1.82, 2.24) is 9.15 Å². The van der Waals surface area contributed by atoms with Gasteiger partial charge in [-0.15, -0.1) is 0 Å². The van der Waals surface area contributed by atoms with Crippen molar-refractivity contribution in [2.75, 3.05) is 26.2 Å². The van der Waals surface area contributed by atoms with E-state index in [0.29, 0.717) is 10.4 Å². The van der Waals surface area contributed by atoms with Crippen LogP contribution in [0.2, 0.25) is 0 Å². The Morgan fingerprint density at radius 3 is 1.21 bits per heavy atom. The van der Waals surface area contributed by atoms with E-state index < -0.39 is 12.2 Å². The van der Waals surface area contributed by atoms with Crippen LogP contribution in [-0.2, 0) is 21.7 Å². The molecule has 0 saturated heterocycles. The van der Waals surface area contributed by atoms with Crippen LogP contribution in [0.1, 0.15) is 103 Å². The Morgan fingerprint density at radius 2 is 0.881 bits per heavy atom. The first-order valence-corrected chi connectivity index (χ1v) is 15.9. The fraction of sp³-hybridized carbons (Fsp3) is 0.611. The van der Waals surface area contributed by atoms with E-state index in [1.54, 1.807) is 0 Å². The summed E-state index contributed by atoms with van der Waals surface area (Å²) in [5, 5.41) is 55.0. The minimum absolute atomic E-state index is 0.0968. The molecule has 2 N–H and O–H groups in total. The zero-order chi connectivity index (χ0) is 30.3. The van der Waals surface area contributed by atoms with Gasteiger partial charge in [-0.2, -0.15) is 0 Å². The van der Waals surface area contributed by atoms with Crippen LogP contribution < -0.4 is 40.5 Å². The molecule has 42 heavy (non-hydrogen) atoms. The highest BCUT2D eigenvalue weighted by Gasteiger charge is 2.45. The smallest absolute Gasteiger partial charge is 0.211 e. The third-order valence-electron chi connectivity index (χ3n) is 11.8. The van der Waals surface area contributed by atoms with Crippen LogP contribution in [0.4, 0.5) is 0 Å². The van der Waals surface area contributed by atoms with Crippen LogP contribution >= 0.6 is 0 Å². The first kappa shape index (κ1) is 28.1. The minimum atomic E-state index is -1.40. The summed E-state index contributed by atoms with van der Waals surface area (Å²) < 4.78 is 4.75. The molecular formula is C36H46N2O4. The van der Waals surface area contributed by atoms with Crippen molar-refractivity contribution in [3.63, 3.8) is 0 Å². The average Bonchev–Trinajstić information content (AvgIpc) is 2.88. The average molecular weight is 571 g/mol. The topological polar surface area (TPSA) is 92.6 Å². The Kier molecular flexibility index (Phi) is 5.67. The van der Waals surface area contributed by atoms with Crippen molar-refractivity contribution >= 4 is 11.1 Å². The lowest BCUT2D eigenvalue weighted by Crippen LogP contribution is -2.60. The molecule has 0 unspecified atom stereocenters. The van der Waals surface area contributed by atoms with Gasteiger partial charge < -0.3 is 20.4 Å². The quantitative estimate of drug-likeness (QED) is 0.445. The van der Waals surface area contributed by atoms with E-state index in [1.807, 2.05) is 12.1 Å². The number of phenols is 2. The van der Waals surface area contributed by atoms with E-state index in [-0.39, 0.29) is 44.3 Å². The van der Waals surface area contributed by atoms with Gasteiger partial charge in [-0.1, -0.05) is 78.7 Å². The van der Waals surface area contributed by atoms with Crippen molar-refractivity contribution in [2.24, 2.45) is 0 Å². The highest BCUT2D eigenvalue weighted by molar-refractivity contribution is 5.90. The molecule has 7 rings (SSSR count). The van der Waals surface area contributed by atoms with Gasteiger partial charge in [-0.25, -0.2) is 9.15 Å². The molecule has 4 aliphatic heterocycles. The largest absolute Gasteiger partial charge is 0.846 e. The van der Waals surface area contributed by atoms with Crippen LogP contribution in [0.15, 0.2) is 12.1 Å². The molecule has 224 valence electrons. The fourth-order valence-corrected chi connectivity index (χ4v) is 8.66. The zero-order valence-electron chi connectivity index (χ0n) is 26.6. The number of hydrogen-bond donors (Lipinski definition) is 2. The summed E-state index contributed by atoms with van der Waals surface area (Å²) in [5.74, 6) is 0.194. The number of hydrogen-bond acceptors (Lipinski definition) is 4. The summed E-state index contributed by atoms with van der Waals surface area (Å²) in [6.45, 7) is 21.3. The van der Waals surface area contributed by atoms with Gasteiger partial charge in [0.15, 0.2) is 0 Å². The van der Waals surface area contributed by atoms with E-state index in [4.69, 9.17) is 0 Å². The molecule has 1 aliphatic carbocycles. The van der Waals surface area contributed by atoms with E-state index in [0.717, 1.165) is 84.8 Å². The highest BCUT2D eigenvalue weighted by atomic mass is 16.3. The Labute approximate surface area is 248 Å². The molecule has 0 amide bonds. The van der Waals surface area contributed by atoms with E-state index in [2.05, 4.69) is 64.5 Å². The third-order valence-corrected chi connectivity index (χ3v) is 11.8. The SMILES string of the molecule is CC1(C)CC[N+]2=c3c1cc(=C1C([O-])C(=c4cc5c6c(c4O)C(C)(C)CC[N+]=6CCC5(C)C)C1[O-])c(O)c3C(C)(C)CC2. The molecule has 6 heteroatoms. The monoisotopic (exact) mass is 570 g/mol. The van der Waals surface area contributed by atoms with Gasteiger partial charge in [-0.05, 0) is 12.1 Å². The van der Waals surface area contributed by atoms with Gasteiger partial charge in [0.25, 0.3) is 0 Å². The molecule has 0 aromatic heterocycles. The van der Waals surface area contributed by atoms with Crippen molar-refractivity contribution in [1.29, 1.82) is 0 Å². The Balaban J connectivity index is 1.54. The van der Waals surface area contributed by atoms with Crippen molar-refractivity contribution in [3.8, 4) is 11.5 Å². The second-order valence-corrected chi connectivity index (χ2v) is 16.3. The molecule has 6 nitrogen and oxygen atoms in total. The zero-order valence-corrected chi connectivity index (χ0v) is 26.6. The lowest BCUT2D eigenvalue weighted by Gasteiger charge is -2.52. The maximum atomic E-state index is 14.2. The minimum Gasteiger partial charge on any atom is -0.846 e. The summed E-state index contributed by atoms with van der Waals surface area (Å²) in [4.78, 5) is 0. The van der Waals surface area contributed by atoms with Crippen LogP contribution in [0.3, 0.4) is 0 Å². The lowest BCUT2D eigenvalue weighted by atomic mass is 9.68. The number of benzene rings is 2. The third kappa shape index (κ3) is 3.57. The summed E-state index contributed by atoms with van der Waals surface area (Å²) in [6, 6.07) is 3.90. The predicted molar refractivity (Wildman–Crippen MR) is 162 cm³/mol. The maximum absolute atomic E-state index is 14.2. The first-order valence-electron chi connectivity index (χ1n) is 15.9. The lowest BCUT2D eigenvalue weighted by molar-refractivity contribution is -0.435. The van der Waals surface area contributed by atoms with Crippen molar-refractivity contribution < 1.29 is 20.4 Å². The molecule has 4 heterocycles. The fourth-order valence-electron chi connectivity index (χ4n) is 8.66. The van der Waals surface area contributed by atoms with E-state index in [1.165, 1.54) is 0 Å². The van der Waals surface area contributed by atoms with Gasteiger partial charge in [0.05, 0.1) is 11.1 Å². The summed E-state index contributed by atoms with van der Waals surface area (Å²) >= 11 is 0. The molecule has 0 atom stereocenters. The van der Waals surface area contributed by atoms with Gasteiger partial charge in [0.2, 0.25) is 10.7 Å². The van der Waals surface area contributed by atoms with Crippen LogP contribution in [0, 0.1) is 0 Å². The number of rotatable bonds is 0. The summed E-state index contributed by atoms with van der Waals surface area (Å²) in [7, 11) is 0. The van der Waals surface area contributed by atoms with Gasteiger partial charge >= 0.3 is 0 Å². The molecule has 0 radical (unpaired) electrons. The van der Waals surface area contributed by atoms with Crippen molar-refractivity contribution in [3.05, 3.63) is 55.5 Å². The second kappa shape index (κ2) is 8.47. The Morgan fingerprint density at radius 1 is 0.571 bits per heavy atom. The molecule has 0 spiro atoms. The van der Waals surface area contributed by atoms with Crippen molar-refractivity contribution in [2.45, 2.75) is 115 Å². The second-order valence-electron chi connectivity index (χ2n) is 16.3. The molecule has 0 bridgehead atoms.